The molecular weight excluding hydrogens is 358 g/mol. The van der Waals surface area contributed by atoms with Crippen LogP contribution in [-0.2, 0) is 10.0 Å². The number of carbonyl (C=O) groups excluding carboxylic acids is 1. The van der Waals surface area contributed by atoms with Crippen LogP contribution in [0.3, 0.4) is 0 Å². The normalized spacial score (nSPS) is 15.8. The standard InChI is InChI=1S/C17H19N3O3S2/c21-17(18-15-8-4-5-9-16(15)24)19-10-12-20(13-11-19)25(22,23)14-6-2-1-3-7-14/h1-9,24H,10-13H2,(H,18,21). The van der Waals surface area contributed by atoms with E-state index in [1.54, 1.807) is 47.4 Å². The number of amides is 2. The van der Waals surface area contributed by atoms with Crippen LogP contribution in [0.5, 0.6) is 0 Å². The third-order valence-electron chi connectivity index (χ3n) is 4.05. The SMILES string of the molecule is O=C(Nc1ccccc1S)N1CCN(S(=O)(=O)c2ccccc2)CC1. The van der Waals surface area contributed by atoms with Crippen LogP contribution in [0.4, 0.5) is 10.5 Å². The molecular formula is C17H19N3O3S2. The van der Waals surface area contributed by atoms with Crippen molar-refractivity contribution in [3.63, 3.8) is 0 Å². The summed E-state index contributed by atoms with van der Waals surface area (Å²) in [6, 6.07) is 15.3. The number of rotatable bonds is 3. The lowest BCUT2D eigenvalue weighted by molar-refractivity contribution is 0.184. The monoisotopic (exact) mass is 377 g/mol. The Labute approximate surface area is 152 Å². The quantitative estimate of drug-likeness (QED) is 0.808. The van der Waals surface area contributed by atoms with Gasteiger partial charge in [0, 0.05) is 31.1 Å². The Balaban J connectivity index is 1.62. The lowest BCUT2D eigenvalue weighted by Gasteiger charge is -2.34. The zero-order chi connectivity index (χ0) is 17.9. The summed E-state index contributed by atoms with van der Waals surface area (Å²) in [4.78, 5) is 14.9. The van der Waals surface area contributed by atoms with Crippen molar-refractivity contribution in [3.05, 3.63) is 54.6 Å². The molecule has 2 aromatic rings. The number of urea groups is 1. The van der Waals surface area contributed by atoms with Crippen molar-refractivity contribution in [3.8, 4) is 0 Å². The molecule has 0 atom stereocenters. The number of sulfonamides is 1. The van der Waals surface area contributed by atoms with Gasteiger partial charge in [-0.25, -0.2) is 13.2 Å². The molecule has 1 saturated heterocycles. The molecule has 0 aliphatic carbocycles. The Morgan fingerprint density at radius 1 is 0.920 bits per heavy atom. The summed E-state index contributed by atoms with van der Waals surface area (Å²) in [5.41, 5.74) is 0.634. The van der Waals surface area contributed by atoms with Gasteiger partial charge in [-0.2, -0.15) is 4.31 Å². The van der Waals surface area contributed by atoms with Crippen molar-refractivity contribution in [2.75, 3.05) is 31.5 Å². The highest BCUT2D eigenvalue weighted by atomic mass is 32.2. The Morgan fingerprint density at radius 3 is 2.16 bits per heavy atom. The molecule has 0 bridgehead atoms. The molecule has 0 spiro atoms. The van der Waals surface area contributed by atoms with E-state index in [1.165, 1.54) is 4.31 Å². The van der Waals surface area contributed by atoms with Crippen LogP contribution in [0.15, 0.2) is 64.4 Å². The van der Waals surface area contributed by atoms with Crippen LogP contribution in [0, 0.1) is 0 Å². The first-order chi connectivity index (χ1) is 12.0. The summed E-state index contributed by atoms with van der Waals surface area (Å²) in [5.74, 6) is 0. The minimum absolute atomic E-state index is 0.252. The second-order valence-corrected chi connectivity index (χ2v) is 8.07. The maximum Gasteiger partial charge on any atom is 0.321 e. The third kappa shape index (κ3) is 3.97. The minimum Gasteiger partial charge on any atom is -0.322 e. The Kier molecular flexibility index (Phi) is 5.31. The van der Waals surface area contributed by atoms with E-state index in [4.69, 9.17) is 0 Å². The number of piperazine rings is 1. The molecule has 1 heterocycles. The van der Waals surface area contributed by atoms with Gasteiger partial charge in [0.1, 0.15) is 0 Å². The number of nitrogens with zero attached hydrogens (tertiary/aromatic N) is 2. The summed E-state index contributed by atoms with van der Waals surface area (Å²) in [5, 5.41) is 2.81. The topological polar surface area (TPSA) is 69.7 Å². The first-order valence-corrected chi connectivity index (χ1v) is 9.76. The molecule has 1 aliphatic heterocycles. The van der Waals surface area contributed by atoms with Crippen molar-refractivity contribution >= 4 is 34.4 Å². The van der Waals surface area contributed by atoms with Crippen LogP contribution in [0.2, 0.25) is 0 Å². The zero-order valence-electron chi connectivity index (χ0n) is 13.5. The number of para-hydroxylation sites is 1. The third-order valence-corrected chi connectivity index (χ3v) is 6.36. The second-order valence-electron chi connectivity index (χ2n) is 5.65. The summed E-state index contributed by atoms with van der Waals surface area (Å²) < 4.78 is 26.6. The number of anilines is 1. The van der Waals surface area contributed by atoms with E-state index in [1.807, 2.05) is 12.1 Å². The average molecular weight is 377 g/mol. The smallest absolute Gasteiger partial charge is 0.321 e. The van der Waals surface area contributed by atoms with Crippen LogP contribution in [0.25, 0.3) is 0 Å². The second kappa shape index (κ2) is 7.47. The van der Waals surface area contributed by atoms with E-state index in [-0.39, 0.29) is 24.0 Å². The Hall–Kier alpha value is -2.03. The van der Waals surface area contributed by atoms with E-state index in [2.05, 4.69) is 17.9 Å². The number of benzene rings is 2. The summed E-state index contributed by atoms with van der Waals surface area (Å²) >= 11 is 4.31. The molecule has 0 aromatic heterocycles. The Morgan fingerprint density at radius 2 is 1.52 bits per heavy atom. The maximum atomic E-state index is 12.6. The lowest BCUT2D eigenvalue weighted by Crippen LogP contribution is -2.51. The van der Waals surface area contributed by atoms with E-state index in [9.17, 15) is 13.2 Å². The van der Waals surface area contributed by atoms with E-state index >= 15 is 0 Å². The fourth-order valence-electron chi connectivity index (χ4n) is 2.65. The van der Waals surface area contributed by atoms with Crippen molar-refractivity contribution in [1.29, 1.82) is 0 Å². The van der Waals surface area contributed by atoms with Gasteiger partial charge < -0.3 is 10.2 Å². The highest BCUT2D eigenvalue weighted by Crippen LogP contribution is 2.20. The van der Waals surface area contributed by atoms with Crippen LogP contribution < -0.4 is 5.32 Å². The van der Waals surface area contributed by atoms with E-state index < -0.39 is 10.0 Å². The molecule has 3 rings (SSSR count). The van der Waals surface area contributed by atoms with Gasteiger partial charge in [0.15, 0.2) is 0 Å². The molecule has 0 radical (unpaired) electrons. The first-order valence-electron chi connectivity index (χ1n) is 7.87. The van der Waals surface area contributed by atoms with Gasteiger partial charge in [0.2, 0.25) is 10.0 Å². The largest absolute Gasteiger partial charge is 0.322 e. The number of nitrogens with one attached hydrogen (secondary N) is 1. The molecule has 1 fully saturated rings. The molecule has 25 heavy (non-hydrogen) atoms. The molecule has 1 N–H and O–H groups in total. The number of hydrogen-bond acceptors (Lipinski definition) is 4. The molecule has 1 aliphatic rings. The molecule has 132 valence electrons. The van der Waals surface area contributed by atoms with Gasteiger partial charge in [-0.1, -0.05) is 30.3 Å². The van der Waals surface area contributed by atoms with Crippen LogP contribution >= 0.6 is 12.6 Å². The van der Waals surface area contributed by atoms with Crippen LogP contribution in [0.1, 0.15) is 0 Å². The average Bonchev–Trinajstić information content (AvgIpc) is 2.64. The van der Waals surface area contributed by atoms with Gasteiger partial charge in [-0.3, -0.25) is 0 Å². The lowest BCUT2D eigenvalue weighted by atomic mass is 10.3. The molecule has 0 unspecified atom stereocenters. The summed E-state index contributed by atoms with van der Waals surface area (Å²) in [6.07, 6.45) is 0. The molecule has 6 nitrogen and oxygen atoms in total. The van der Waals surface area contributed by atoms with Gasteiger partial charge in [0.05, 0.1) is 10.6 Å². The maximum absolute atomic E-state index is 12.6. The van der Waals surface area contributed by atoms with Crippen molar-refractivity contribution < 1.29 is 13.2 Å². The number of carbonyl (C=O) groups is 1. The molecule has 8 heteroatoms. The highest BCUT2D eigenvalue weighted by Gasteiger charge is 2.30. The summed E-state index contributed by atoms with van der Waals surface area (Å²) in [6.45, 7) is 1.22. The highest BCUT2D eigenvalue weighted by molar-refractivity contribution is 7.89. The predicted molar refractivity (Wildman–Crippen MR) is 99.5 cm³/mol. The number of hydrogen-bond donors (Lipinski definition) is 2. The first kappa shape index (κ1) is 17.8. The van der Waals surface area contributed by atoms with Gasteiger partial charge >= 0.3 is 6.03 Å². The molecule has 2 amide bonds. The molecule has 0 saturated carbocycles. The number of thiol groups is 1. The fourth-order valence-corrected chi connectivity index (χ4v) is 4.31. The van der Waals surface area contributed by atoms with Crippen molar-refractivity contribution in [1.82, 2.24) is 9.21 Å². The van der Waals surface area contributed by atoms with E-state index in [0.717, 1.165) is 0 Å². The van der Waals surface area contributed by atoms with Gasteiger partial charge in [-0.15, -0.1) is 12.6 Å². The molecule has 2 aromatic carbocycles. The minimum atomic E-state index is -3.51. The van der Waals surface area contributed by atoms with Crippen LogP contribution in [-0.4, -0.2) is 49.8 Å². The zero-order valence-corrected chi connectivity index (χ0v) is 15.2. The predicted octanol–water partition coefficient (Wildman–Crippen LogP) is 2.51. The Bertz CT molecular complexity index is 848. The van der Waals surface area contributed by atoms with Gasteiger partial charge in [-0.05, 0) is 24.3 Å². The van der Waals surface area contributed by atoms with Crippen molar-refractivity contribution in [2.45, 2.75) is 9.79 Å². The van der Waals surface area contributed by atoms with Gasteiger partial charge in [0.25, 0.3) is 0 Å². The van der Waals surface area contributed by atoms with E-state index in [0.29, 0.717) is 23.7 Å². The summed E-state index contributed by atoms with van der Waals surface area (Å²) in [7, 11) is -3.51. The fraction of sp³-hybridized carbons (Fsp3) is 0.235. The van der Waals surface area contributed by atoms with Crippen molar-refractivity contribution in [2.24, 2.45) is 0 Å².